The zero-order valence-electron chi connectivity index (χ0n) is 13.6. The van der Waals surface area contributed by atoms with Crippen LogP contribution in [0.5, 0.6) is 0 Å². The van der Waals surface area contributed by atoms with Gasteiger partial charge in [-0.05, 0) is 31.5 Å². The van der Waals surface area contributed by atoms with Gasteiger partial charge < -0.3 is 10.4 Å². The molecular weight excluding hydrogens is 320 g/mol. The first-order valence-electron chi connectivity index (χ1n) is 8.11. The summed E-state index contributed by atoms with van der Waals surface area (Å²) in [7, 11) is 0. The summed E-state index contributed by atoms with van der Waals surface area (Å²) in [6.45, 7) is 1.81. The number of aliphatic hydroxyl groups excluding tert-OH is 1. The molecule has 1 aromatic carbocycles. The summed E-state index contributed by atoms with van der Waals surface area (Å²) in [6.07, 6.45) is 3.40. The summed E-state index contributed by atoms with van der Waals surface area (Å²) in [5, 5.41) is 25.2. The van der Waals surface area contributed by atoms with Crippen molar-refractivity contribution in [3.8, 4) is 5.69 Å². The van der Waals surface area contributed by atoms with Crippen molar-refractivity contribution in [2.45, 2.75) is 31.5 Å². The van der Waals surface area contributed by atoms with Gasteiger partial charge in [0.25, 0.3) is 5.91 Å². The third-order valence-electron chi connectivity index (χ3n) is 4.56. The fourth-order valence-electron chi connectivity index (χ4n) is 3.16. The lowest BCUT2D eigenvalue weighted by Crippen LogP contribution is -2.56. The van der Waals surface area contributed by atoms with Crippen molar-refractivity contribution in [3.05, 3.63) is 60.2 Å². The summed E-state index contributed by atoms with van der Waals surface area (Å²) in [4.78, 5) is 12.6. The Labute approximate surface area is 144 Å². The highest BCUT2D eigenvalue weighted by Crippen LogP contribution is 2.32. The van der Waals surface area contributed by atoms with Gasteiger partial charge in [-0.3, -0.25) is 9.48 Å². The molecule has 3 atom stereocenters. The third kappa shape index (κ3) is 2.70. The van der Waals surface area contributed by atoms with E-state index in [9.17, 15) is 9.90 Å². The van der Waals surface area contributed by atoms with Crippen LogP contribution in [-0.2, 0) is 0 Å². The third-order valence-corrected chi connectivity index (χ3v) is 4.56. The number of benzene rings is 1. The summed E-state index contributed by atoms with van der Waals surface area (Å²) < 4.78 is 3.31. The predicted octanol–water partition coefficient (Wildman–Crippen LogP) is 0.877. The van der Waals surface area contributed by atoms with Gasteiger partial charge >= 0.3 is 0 Å². The average molecular weight is 338 g/mol. The van der Waals surface area contributed by atoms with E-state index in [1.54, 1.807) is 27.8 Å². The molecule has 1 aliphatic carbocycles. The number of amides is 1. The van der Waals surface area contributed by atoms with Crippen LogP contribution in [0.2, 0.25) is 0 Å². The van der Waals surface area contributed by atoms with Crippen LogP contribution < -0.4 is 5.32 Å². The van der Waals surface area contributed by atoms with Gasteiger partial charge in [0.2, 0.25) is 0 Å². The molecule has 1 aliphatic rings. The van der Waals surface area contributed by atoms with Crippen LogP contribution in [0.1, 0.15) is 28.6 Å². The number of rotatable bonds is 4. The average Bonchev–Trinajstić information content (AvgIpc) is 3.25. The van der Waals surface area contributed by atoms with Gasteiger partial charge in [-0.15, -0.1) is 5.10 Å². The van der Waals surface area contributed by atoms with Crippen LogP contribution in [-0.4, -0.2) is 47.9 Å². The number of hydrogen-bond donors (Lipinski definition) is 2. The van der Waals surface area contributed by atoms with Crippen molar-refractivity contribution < 1.29 is 9.90 Å². The van der Waals surface area contributed by atoms with E-state index in [0.717, 1.165) is 5.69 Å². The lowest BCUT2D eigenvalue weighted by atomic mass is 9.83. The predicted molar refractivity (Wildman–Crippen MR) is 89.2 cm³/mol. The molecule has 0 aliphatic heterocycles. The maximum absolute atomic E-state index is 12.6. The molecule has 1 fully saturated rings. The van der Waals surface area contributed by atoms with E-state index in [-0.39, 0.29) is 23.7 Å². The summed E-state index contributed by atoms with van der Waals surface area (Å²) >= 11 is 0. The molecule has 25 heavy (non-hydrogen) atoms. The number of nitrogens with zero attached hydrogens (tertiary/aromatic N) is 5. The zero-order valence-corrected chi connectivity index (χ0v) is 13.6. The normalized spacial score (nSPS) is 22.4. The number of nitrogens with one attached hydrogen (secondary N) is 1. The van der Waals surface area contributed by atoms with Crippen LogP contribution >= 0.6 is 0 Å². The molecule has 128 valence electrons. The van der Waals surface area contributed by atoms with Gasteiger partial charge in [0, 0.05) is 12.4 Å². The molecule has 0 unspecified atom stereocenters. The summed E-state index contributed by atoms with van der Waals surface area (Å²) in [5.74, 6) is -0.297. The fourth-order valence-corrected chi connectivity index (χ4v) is 3.16. The Morgan fingerprint density at radius 3 is 2.76 bits per heavy atom. The van der Waals surface area contributed by atoms with Crippen molar-refractivity contribution in [1.82, 2.24) is 30.1 Å². The van der Waals surface area contributed by atoms with Crippen molar-refractivity contribution >= 4 is 5.91 Å². The number of hydrogen-bond acceptors (Lipinski definition) is 5. The van der Waals surface area contributed by atoms with Crippen molar-refractivity contribution in [3.63, 3.8) is 0 Å². The first-order chi connectivity index (χ1) is 12.1. The molecular formula is C17H18N6O2. The van der Waals surface area contributed by atoms with Gasteiger partial charge in [0.1, 0.15) is 0 Å². The van der Waals surface area contributed by atoms with Gasteiger partial charge in [-0.25, -0.2) is 4.68 Å². The molecule has 0 saturated heterocycles. The largest absolute Gasteiger partial charge is 0.391 e. The molecule has 2 N–H and O–H groups in total. The number of carbonyl (C=O) groups is 1. The quantitative estimate of drug-likeness (QED) is 0.736. The summed E-state index contributed by atoms with van der Waals surface area (Å²) in [5.41, 5.74) is 1.80. The molecule has 4 rings (SSSR count). The van der Waals surface area contributed by atoms with Crippen LogP contribution in [0.3, 0.4) is 0 Å². The molecule has 0 bridgehead atoms. The second kappa shape index (κ2) is 6.14. The van der Waals surface area contributed by atoms with E-state index in [2.05, 4.69) is 20.7 Å². The fraction of sp³-hybridized carbons (Fsp3) is 0.294. The molecule has 8 nitrogen and oxygen atoms in total. The molecule has 2 aromatic heterocycles. The summed E-state index contributed by atoms with van der Waals surface area (Å²) in [6, 6.07) is 10.9. The lowest BCUT2D eigenvalue weighted by Gasteiger charge is -2.41. The molecule has 1 amide bonds. The van der Waals surface area contributed by atoms with E-state index in [1.807, 2.05) is 37.3 Å². The number of carbonyl (C=O) groups excluding carboxylic acids is 1. The van der Waals surface area contributed by atoms with Gasteiger partial charge in [0.05, 0.1) is 29.6 Å². The van der Waals surface area contributed by atoms with E-state index in [1.165, 1.54) is 0 Å². The SMILES string of the molecule is Cc1c(C(=O)N[C@H]2C[C@@H](O)[C@@H]2n2cccn2)nnn1-c1ccccc1. The van der Waals surface area contributed by atoms with Crippen LogP contribution in [0.4, 0.5) is 0 Å². The number of aliphatic hydroxyl groups is 1. The van der Waals surface area contributed by atoms with Crippen LogP contribution in [0.25, 0.3) is 5.69 Å². The minimum absolute atomic E-state index is 0.191. The zero-order chi connectivity index (χ0) is 17.4. The molecule has 0 radical (unpaired) electrons. The minimum Gasteiger partial charge on any atom is -0.391 e. The topological polar surface area (TPSA) is 97.9 Å². The van der Waals surface area contributed by atoms with E-state index < -0.39 is 6.10 Å². The minimum atomic E-state index is -0.522. The highest BCUT2D eigenvalue weighted by Gasteiger charge is 2.43. The Morgan fingerprint density at radius 1 is 1.28 bits per heavy atom. The first kappa shape index (κ1) is 15.5. The van der Waals surface area contributed by atoms with E-state index in [0.29, 0.717) is 12.1 Å². The van der Waals surface area contributed by atoms with Crippen molar-refractivity contribution in [2.75, 3.05) is 0 Å². The molecule has 8 heteroatoms. The Balaban J connectivity index is 1.52. The monoisotopic (exact) mass is 338 g/mol. The van der Waals surface area contributed by atoms with Crippen LogP contribution in [0, 0.1) is 6.92 Å². The Hall–Kier alpha value is -3.00. The van der Waals surface area contributed by atoms with Gasteiger partial charge in [-0.1, -0.05) is 23.4 Å². The Morgan fingerprint density at radius 2 is 2.08 bits per heavy atom. The second-order valence-electron chi connectivity index (χ2n) is 6.13. The standard InChI is InChI=1S/C17H18N6O2/c1-11-15(20-21-23(11)12-6-3-2-4-7-12)17(25)19-13-10-14(24)16(13)22-9-5-8-18-22/h2-9,13-14,16,24H,10H2,1H3,(H,19,25)/t13-,14+,16+/m0/s1. The lowest BCUT2D eigenvalue weighted by molar-refractivity contribution is -0.00596. The van der Waals surface area contributed by atoms with Crippen LogP contribution in [0.15, 0.2) is 48.8 Å². The second-order valence-corrected chi connectivity index (χ2v) is 6.13. The maximum atomic E-state index is 12.6. The van der Waals surface area contributed by atoms with Gasteiger partial charge in [-0.2, -0.15) is 5.10 Å². The first-order valence-corrected chi connectivity index (χ1v) is 8.11. The highest BCUT2D eigenvalue weighted by atomic mass is 16.3. The Bertz CT molecular complexity index is 874. The molecule has 2 heterocycles. The van der Waals surface area contributed by atoms with Gasteiger partial charge in [0.15, 0.2) is 5.69 Å². The van der Waals surface area contributed by atoms with E-state index >= 15 is 0 Å². The maximum Gasteiger partial charge on any atom is 0.274 e. The van der Waals surface area contributed by atoms with Crippen molar-refractivity contribution in [1.29, 1.82) is 0 Å². The molecule has 0 spiro atoms. The van der Waals surface area contributed by atoms with E-state index in [4.69, 9.17) is 0 Å². The highest BCUT2D eigenvalue weighted by molar-refractivity contribution is 5.93. The molecule has 3 aromatic rings. The molecule has 1 saturated carbocycles. The number of aromatic nitrogens is 5. The van der Waals surface area contributed by atoms with Crippen molar-refractivity contribution in [2.24, 2.45) is 0 Å². The number of para-hydroxylation sites is 1. The Kier molecular flexibility index (Phi) is 3.81. The smallest absolute Gasteiger partial charge is 0.274 e.